The molecule has 2 N–H and O–H groups in total. The number of aryl methyl sites for hydroxylation is 1. The van der Waals surface area contributed by atoms with Gasteiger partial charge < -0.3 is 14.9 Å². The fraction of sp³-hybridized carbons (Fsp3) is 0.267. The minimum Gasteiger partial charge on any atom is -0.506 e. The number of carbonyl (C=O) groups is 1. The van der Waals surface area contributed by atoms with Crippen LogP contribution in [-0.2, 0) is 0 Å². The first kappa shape index (κ1) is 13.2. The van der Waals surface area contributed by atoms with Crippen molar-refractivity contribution in [2.45, 2.75) is 20.3 Å². The molecule has 0 aliphatic heterocycles. The van der Waals surface area contributed by atoms with Crippen molar-refractivity contribution in [2.24, 2.45) is 0 Å². The Labute approximate surface area is 111 Å². The summed E-state index contributed by atoms with van der Waals surface area (Å²) < 4.78 is 5.62. The molecule has 2 rings (SSSR count). The van der Waals surface area contributed by atoms with Gasteiger partial charge in [-0.15, -0.1) is 0 Å². The average Bonchev–Trinajstić information content (AvgIpc) is 2.38. The van der Waals surface area contributed by atoms with Crippen molar-refractivity contribution >= 4 is 16.7 Å². The van der Waals surface area contributed by atoms with Crippen LogP contribution in [0.25, 0.3) is 10.8 Å². The van der Waals surface area contributed by atoms with Gasteiger partial charge >= 0.3 is 5.97 Å². The molecule has 4 heteroatoms. The summed E-state index contributed by atoms with van der Waals surface area (Å²) in [5, 5.41) is 20.5. The zero-order valence-corrected chi connectivity index (χ0v) is 10.9. The predicted molar refractivity (Wildman–Crippen MR) is 73.1 cm³/mol. The van der Waals surface area contributed by atoms with Crippen LogP contribution in [0.1, 0.15) is 29.3 Å². The summed E-state index contributed by atoms with van der Waals surface area (Å²) in [4.78, 5) is 11.2. The number of carboxylic acid groups (broad SMARTS) is 1. The SMILES string of the molecule is CCCOc1cc(C(=O)O)c(O)c2cccc(C)c12. The lowest BCUT2D eigenvalue weighted by atomic mass is 10.0. The Morgan fingerprint density at radius 1 is 1.37 bits per heavy atom. The number of rotatable bonds is 4. The van der Waals surface area contributed by atoms with E-state index in [1.54, 1.807) is 12.1 Å². The zero-order valence-electron chi connectivity index (χ0n) is 10.9. The van der Waals surface area contributed by atoms with E-state index in [4.69, 9.17) is 9.84 Å². The van der Waals surface area contributed by atoms with Crippen LogP contribution >= 0.6 is 0 Å². The normalized spacial score (nSPS) is 10.6. The third kappa shape index (κ3) is 2.34. The van der Waals surface area contributed by atoms with Gasteiger partial charge in [0.2, 0.25) is 0 Å². The highest BCUT2D eigenvalue weighted by molar-refractivity contribution is 6.04. The lowest BCUT2D eigenvalue weighted by Gasteiger charge is -2.13. The Bertz CT molecular complexity index is 632. The number of benzene rings is 2. The number of aromatic carboxylic acids is 1. The highest BCUT2D eigenvalue weighted by atomic mass is 16.5. The number of aromatic hydroxyl groups is 1. The van der Waals surface area contributed by atoms with Gasteiger partial charge in [0.05, 0.1) is 6.61 Å². The Hall–Kier alpha value is -2.23. The molecule has 4 nitrogen and oxygen atoms in total. The monoisotopic (exact) mass is 260 g/mol. The maximum Gasteiger partial charge on any atom is 0.339 e. The van der Waals surface area contributed by atoms with Crippen molar-refractivity contribution in [1.29, 1.82) is 0 Å². The first-order valence-corrected chi connectivity index (χ1v) is 6.17. The van der Waals surface area contributed by atoms with E-state index >= 15 is 0 Å². The maximum absolute atomic E-state index is 11.2. The molecule has 0 spiro atoms. The molecule has 0 amide bonds. The number of phenols is 1. The van der Waals surface area contributed by atoms with E-state index in [2.05, 4.69) is 0 Å². The highest BCUT2D eigenvalue weighted by Gasteiger charge is 2.18. The highest BCUT2D eigenvalue weighted by Crippen LogP contribution is 2.37. The summed E-state index contributed by atoms with van der Waals surface area (Å²) in [5.41, 5.74) is 0.806. The van der Waals surface area contributed by atoms with Crippen LogP contribution < -0.4 is 4.74 Å². The Balaban J connectivity index is 2.76. The van der Waals surface area contributed by atoms with Gasteiger partial charge in [-0.25, -0.2) is 4.79 Å². The number of fused-ring (bicyclic) bond motifs is 1. The van der Waals surface area contributed by atoms with E-state index in [1.807, 2.05) is 19.9 Å². The second-order valence-electron chi connectivity index (χ2n) is 4.42. The molecule has 2 aromatic carbocycles. The summed E-state index contributed by atoms with van der Waals surface area (Å²) in [7, 11) is 0. The first-order valence-electron chi connectivity index (χ1n) is 6.17. The maximum atomic E-state index is 11.2. The molecule has 0 heterocycles. The number of ether oxygens (including phenoxy) is 1. The van der Waals surface area contributed by atoms with Gasteiger partial charge in [-0.2, -0.15) is 0 Å². The van der Waals surface area contributed by atoms with Gasteiger partial charge in [-0.3, -0.25) is 0 Å². The van der Waals surface area contributed by atoms with Gasteiger partial charge in [-0.1, -0.05) is 25.1 Å². The van der Waals surface area contributed by atoms with E-state index in [0.29, 0.717) is 17.7 Å². The van der Waals surface area contributed by atoms with Crippen molar-refractivity contribution in [2.75, 3.05) is 6.61 Å². The van der Waals surface area contributed by atoms with Crippen LogP contribution in [0, 0.1) is 6.92 Å². The van der Waals surface area contributed by atoms with E-state index in [-0.39, 0.29) is 11.3 Å². The molecule has 19 heavy (non-hydrogen) atoms. The zero-order chi connectivity index (χ0) is 14.0. The van der Waals surface area contributed by atoms with Crippen molar-refractivity contribution in [1.82, 2.24) is 0 Å². The Morgan fingerprint density at radius 3 is 2.74 bits per heavy atom. The van der Waals surface area contributed by atoms with Crippen molar-refractivity contribution in [3.05, 3.63) is 35.4 Å². The molecule has 0 aromatic heterocycles. The fourth-order valence-electron chi connectivity index (χ4n) is 2.10. The van der Waals surface area contributed by atoms with Gasteiger partial charge in [0, 0.05) is 10.8 Å². The smallest absolute Gasteiger partial charge is 0.339 e. The topological polar surface area (TPSA) is 66.8 Å². The van der Waals surface area contributed by atoms with Crippen LogP contribution in [-0.4, -0.2) is 22.8 Å². The molecule has 0 radical (unpaired) electrons. The minimum atomic E-state index is -1.16. The second kappa shape index (κ2) is 5.18. The van der Waals surface area contributed by atoms with E-state index in [0.717, 1.165) is 17.4 Å². The number of carboxylic acids is 1. The molecule has 0 aliphatic rings. The molecule has 2 aromatic rings. The minimum absolute atomic E-state index is 0.135. The molecule has 0 aliphatic carbocycles. The van der Waals surface area contributed by atoms with Crippen LogP contribution in [0.3, 0.4) is 0 Å². The Kier molecular flexibility index (Phi) is 3.60. The largest absolute Gasteiger partial charge is 0.506 e. The summed E-state index contributed by atoms with van der Waals surface area (Å²) in [6, 6.07) is 6.78. The quantitative estimate of drug-likeness (QED) is 0.884. The lowest BCUT2D eigenvalue weighted by Crippen LogP contribution is -2.02. The third-order valence-electron chi connectivity index (χ3n) is 3.00. The fourth-order valence-corrected chi connectivity index (χ4v) is 2.10. The van der Waals surface area contributed by atoms with Crippen LogP contribution in [0.2, 0.25) is 0 Å². The number of hydrogen-bond acceptors (Lipinski definition) is 3. The molecule has 0 unspecified atom stereocenters. The van der Waals surface area contributed by atoms with Gasteiger partial charge in [0.1, 0.15) is 17.1 Å². The molecule has 0 bridgehead atoms. The van der Waals surface area contributed by atoms with Crippen molar-refractivity contribution < 1.29 is 19.7 Å². The second-order valence-corrected chi connectivity index (χ2v) is 4.42. The van der Waals surface area contributed by atoms with E-state index in [1.165, 1.54) is 6.07 Å². The van der Waals surface area contributed by atoms with Gasteiger partial charge in [0.15, 0.2) is 0 Å². The molecular weight excluding hydrogens is 244 g/mol. The molecule has 0 fully saturated rings. The summed E-state index contributed by atoms with van der Waals surface area (Å²) >= 11 is 0. The summed E-state index contributed by atoms with van der Waals surface area (Å²) in [6.07, 6.45) is 0.830. The van der Waals surface area contributed by atoms with Crippen LogP contribution in [0.15, 0.2) is 24.3 Å². The van der Waals surface area contributed by atoms with Crippen LogP contribution in [0.5, 0.6) is 11.5 Å². The molecular formula is C15H16O4. The molecule has 0 atom stereocenters. The van der Waals surface area contributed by atoms with Crippen molar-refractivity contribution in [3.63, 3.8) is 0 Å². The number of hydrogen-bond donors (Lipinski definition) is 2. The molecule has 100 valence electrons. The lowest BCUT2D eigenvalue weighted by molar-refractivity contribution is 0.0693. The van der Waals surface area contributed by atoms with Gasteiger partial charge in [0.25, 0.3) is 0 Å². The van der Waals surface area contributed by atoms with Crippen LogP contribution in [0.4, 0.5) is 0 Å². The average molecular weight is 260 g/mol. The van der Waals surface area contributed by atoms with Gasteiger partial charge in [-0.05, 0) is 25.0 Å². The summed E-state index contributed by atoms with van der Waals surface area (Å²) in [6.45, 7) is 4.39. The molecule has 0 saturated heterocycles. The Morgan fingerprint density at radius 2 is 2.11 bits per heavy atom. The van der Waals surface area contributed by atoms with E-state index < -0.39 is 5.97 Å². The summed E-state index contributed by atoms with van der Waals surface area (Å²) in [5.74, 6) is -0.873. The standard InChI is InChI=1S/C15H16O4/c1-3-7-19-12-8-11(15(17)18)14(16)10-6-4-5-9(2)13(10)12/h4-6,8,16H,3,7H2,1-2H3,(H,17,18). The third-order valence-corrected chi connectivity index (χ3v) is 3.00. The first-order chi connectivity index (χ1) is 9.06. The van der Waals surface area contributed by atoms with Crippen molar-refractivity contribution in [3.8, 4) is 11.5 Å². The molecule has 0 saturated carbocycles. The predicted octanol–water partition coefficient (Wildman–Crippen LogP) is 3.34. The van der Waals surface area contributed by atoms with E-state index in [9.17, 15) is 9.90 Å².